The molecule has 1 amide bonds. The summed E-state index contributed by atoms with van der Waals surface area (Å²) in [5.41, 5.74) is 2.87. The number of carbonyl (C=O) groups is 1. The predicted molar refractivity (Wildman–Crippen MR) is 109 cm³/mol. The molecule has 0 saturated heterocycles. The van der Waals surface area contributed by atoms with Crippen molar-refractivity contribution >= 4 is 23.4 Å². The average Bonchev–Trinajstić information content (AvgIpc) is 3.12. The number of nitrogens with one attached hydrogen (secondary N) is 2. The number of anilines is 1. The van der Waals surface area contributed by atoms with E-state index in [1.54, 1.807) is 0 Å². The van der Waals surface area contributed by atoms with Gasteiger partial charge in [0, 0.05) is 29.9 Å². The molecule has 0 atom stereocenters. The van der Waals surface area contributed by atoms with Gasteiger partial charge in [-0.05, 0) is 31.4 Å². The zero-order valence-corrected chi connectivity index (χ0v) is 16.8. The van der Waals surface area contributed by atoms with Crippen LogP contribution in [0.2, 0.25) is 0 Å². The topological polar surface area (TPSA) is 68.4 Å². The van der Waals surface area contributed by atoms with Crippen LogP contribution in [0, 0.1) is 0 Å². The molecule has 2 N–H and O–H groups in total. The third kappa shape index (κ3) is 5.20. The summed E-state index contributed by atoms with van der Waals surface area (Å²) in [6.07, 6.45) is 3.86. The fraction of sp³-hybridized carbons (Fsp3) is 0.450. The number of rotatable bonds is 8. The lowest BCUT2D eigenvalue weighted by Crippen LogP contribution is -3.05. The molecule has 3 rings (SSSR count). The van der Waals surface area contributed by atoms with Gasteiger partial charge in [-0.25, -0.2) is 4.79 Å². The second-order valence-electron chi connectivity index (χ2n) is 7.14. The number of hydrogen-bond donors (Lipinski definition) is 2. The third-order valence-electron chi connectivity index (χ3n) is 4.66. The molecule has 1 aliphatic carbocycles. The number of aromatic nitrogens is 2. The van der Waals surface area contributed by atoms with E-state index >= 15 is 0 Å². The van der Waals surface area contributed by atoms with Gasteiger partial charge in [-0.3, -0.25) is 9.36 Å². The summed E-state index contributed by atoms with van der Waals surface area (Å²) >= 11 is 1.36. The van der Waals surface area contributed by atoms with Gasteiger partial charge in [-0.1, -0.05) is 30.0 Å². The smallest absolute Gasteiger partial charge is 0.340 e. The van der Waals surface area contributed by atoms with E-state index in [0.29, 0.717) is 0 Å². The Hall–Kier alpha value is -2.12. The molecule has 1 aliphatic rings. The van der Waals surface area contributed by atoms with Gasteiger partial charge in [-0.15, -0.1) is 0 Å². The average molecular weight is 388 g/mol. The Morgan fingerprint density at radius 1 is 1.26 bits per heavy atom. The van der Waals surface area contributed by atoms with E-state index in [2.05, 4.69) is 24.4 Å². The Labute approximate surface area is 164 Å². The van der Waals surface area contributed by atoms with E-state index in [0.717, 1.165) is 60.7 Å². The number of thioether (sulfide) groups is 1. The highest BCUT2D eigenvalue weighted by Crippen LogP contribution is 2.29. The first-order chi connectivity index (χ1) is 13.0. The number of amides is 1. The lowest BCUT2D eigenvalue weighted by molar-refractivity contribution is -0.858. The van der Waals surface area contributed by atoms with Crippen LogP contribution in [0.25, 0.3) is 0 Å². The summed E-state index contributed by atoms with van der Waals surface area (Å²) in [7, 11) is 4.23. The van der Waals surface area contributed by atoms with Crippen LogP contribution in [-0.4, -0.2) is 41.9 Å². The molecule has 0 radical (unpaired) electrons. The van der Waals surface area contributed by atoms with Crippen LogP contribution in [0.1, 0.15) is 24.1 Å². The predicted octanol–water partition coefficient (Wildman–Crippen LogP) is 0.997. The molecule has 1 aromatic heterocycles. The first kappa shape index (κ1) is 19.6. The molecule has 0 bridgehead atoms. The van der Waals surface area contributed by atoms with Gasteiger partial charge < -0.3 is 10.2 Å². The summed E-state index contributed by atoms with van der Waals surface area (Å²) in [4.78, 5) is 30.4. The van der Waals surface area contributed by atoms with Crippen LogP contribution in [-0.2, 0) is 24.2 Å². The number of carbonyl (C=O) groups excluding carboxylic acids is 1. The van der Waals surface area contributed by atoms with Crippen LogP contribution in [0.5, 0.6) is 0 Å². The maximum atomic E-state index is 12.5. The fourth-order valence-electron chi connectivity index (χ4n) is 3.38. The van der Waals surface area contributed by atoms with E-state index < -0.39 is 0 Å². The van der Waals surface area contributed by atoms with Crippen molar-refractivity contribution in [2.24, 2.45) is 0 Å². The van der Waals surface area contributed by atoms with E-state index in [4.69, 9.17) is 0 Å². The Morgan fingerprint density at radius 2 is 2.04 bits per heavy atom. The number of hydrogen-bond acceptors (Lipinski definition) is 4. The number of nitrogens with zero attached hydrogens (tertiary/aromatic N) is 2. The minimum Gasteiger partial charge on any atom is -0.340 e. The van der Waals surface area contributed by atoms with Gasteiger partial charge in [0.1, 0.15) is 5.03 Å². The van der Waals surface area contributed by atoms with E-state index in [1.807, 2.05) is 34.9 Å². The molecule has 0 unspecified atom stereocenters. The van der Waals surface area contributed by atoms with Crippen LogP contribution in [0.4, 0.5) is 5.69 Å². The van der Waals surface area contributed by atoms with E-state index in [1.165, 1.54) is 16.7 Å². The minimum absolute atomic E-state index is 0.0853. The number of benzene rings is 1. The van der Waals surface area contributed by atoms with Crippen molar-refractivity contribution in [3.05, 3.63) is 52.1 Å². The molecule has 2 aromatic rings. The molecule has 0 spiro atoms. The molecule has 6 nitrogen and oxygen atoms in total. The Kier molecular flexibility index (Phi) is 6.68. The first-order valence-electron chi connectivity index (χ1n) is 9.44. The van der Waals surface area contributed by atoms with Crippen LogP contribution < -0.4 is 15.9 Å². The summed E-state index contributed by atoms with van der Waals surface area (Å²) in [5.74, 6) is 0.166. The Morgan fingerprint density at radius 3 is 2.78 bits per heavy atom. The zero-order valence-electron chi connectivity index (χ0n) is 16.0. The molecule has 7 heteroatoms. The minimum atomic E-state index is -0.185. The van der Waals surface area contributed by atoms with Crippen molar-refractivity contribution in [2.45, 2.75) is 37.3 Å². The van der Waals surface area contributed by atoms with E-state index in [9.17, 15) is 9.59 Å². The van der Waals surface area contributed by atoms with Gasteiger partial charge in [0.15, 0.2) is 0 Å². The Balaban J connectivity index is 1.68. The normalized spacial score (nSPS) is 13.0. The molecule has 0 fully saturated rings. The summed E-state index contributed by atoms with van der Waals surface area (Å²) < 4.78 is 1.85. The molecule has 144 valence electrons. The summed E-state index contributed by atoms with van der Waals surface area (Å²) in [6.45, 7) is 1.75. The molecule has 1 heterocycles. The Bertz CT molecular complexity index is 849. The second-order valence-corrected chi connectivity index (χ2v) is 8.11. The zero-order chi connectivity index (χ0) is 19.2. The number of fused-ring (bicyclic) bond motifs is 1. The van der Waals surface area contributed by atoms with Crippen molar-refractivity contribution < 1.29 is 9.69 Å². The second kappa shape index (κ2) is 9.19. The maximum Gasteiger partial charge on any atom is 0.348 e. The molecule has 0 aliphatic heterocycles. The lowest BCUT2D eigenvalue weighted by atomic mass is 10.2. The molecular weight excluding hydrogens is 360 g/mol. The van der Waals surface area contributed by atoms with Crippen molar-refractivity contribution in [1.29, 1.82) is 0 Å². The summed E-state index contributed by atoms with van der Waals surface area (Å²) in [5, 5.41) is 3.60. The highest BCUT2D eigenvalue weighted by Gasteiger charge is 2.22. The van der Waals surface area contributed by atoms with Crippen molar-refractivity contribution in [1.82, 2.24) is 9.55 Å². The van der Waals surface area contributed by atoms with Gasteiger partial charge >= 0.3 is 5.69 Å². The van der Waals surface area contributed by atoms with Crippen molar-refractivity contribution in [3.63, 3.8) is 0 Å². The van der Waals surface area contributed by atoms with Crippen molar-refractivity contribution in [2.75, 3.05) is 31.7 Å². The number of quaternary nitrogens is 1. The third-order valence-corrected chi connectivity index (χ3v) is 5.67. The van der Waals surface area contributed by atoms with Gasteiger partial charge in [0.25, 0.3) is 0 Å². The summed E-state index contributed by atoms with van der Waals surface area (Å²) in [6, 6.07) is 9.39. The largest absolute Gasteiger partial charge is 0.348 e. The number of para-hydroxylation sites is 1. The standard InChI is InChI=1S/C20H26N4O2S/c1-23(2)12-7-13-24-17-11-6-10-16(17)19(22-20(24)26)27-14-18(25)21-15-8-4-3-5-9-15/h3-5,8-9H,6-7,10-14H2,1-2H3,(H,21,25)/p+1. The monoisotopic (exact) mass is 387 g/mol. The molecule has 0 saturated carbocycles. The quantitative estimate of drug-likeness (QED) is 0.524. The maximum absolute atomic E-state index is 12.5. The molecular formula is C20H27N4O2S+. The van der Waals surface area contributed by atoms with Gasteiger partial charge in [0.05, 0.1) is 26.4 Å². The first-order valence-corrected chi connectivity index (χ1v) is 10.4. The van der Waals surface area contributed by atoms with Gasteiger partial charge in [-0.2, -0.15) is 4.98 Å². The van der Waals surface area contributed by atoms with E-state index in [-0.39, 0.29) is 17.3 Å². The molecule has 27 heavy (non-hydrogen) atoms. The molecule has 1 aromatic carbocycles. The van der Waals surface area contributed by atoms with Crippen molar-refractivity contribution in [3.8, 4) is 0 Å². The van der Waals surface area contributed by atoms with Gasteiger partial charge in [0.2, 0.25) is 5.91 Å². The SMILES string of the molecule is C[NH+](C)CCCn1c2c(c(SCC(=O)Nc3ccccc3)nc1=O)CCC2. The highest BCUT2D eigenvalue weighted by molar-refractivity contribution is 8.00. The van der Waals surface area contributed by atoms with Crippen LogP contribution in [0.15, 0.2) is 40.2 Å². The van der Waals surface area contributed by atoms with Crippen LogP contribution in [0.3, 0.4) is 0 Å². The highest BCUT2D eigenvalue weighted by atomic mass is 32.2. The fourth-order valence-corrected chi connectivity index (χ4v) is 4.26. The lowest BCUT2D eigenvalue weighted by Gasteiger charge is -2.14. The van der Waals surface area contributed by atoms with Crippen LogP contribution >= 0.6 is 11.8 Å².